The minimum absolute atomic E-state index is 0.0729. The highest BCUT2D eigenvalue weighted by Gasteiger charge is 2.24. The van der Waals surface area contributed by atoms with Gasteiger partial charge in [-0.2, -0.15) is 0 Å². The predicted molar refractivity (Wildman–Crippen MR) is 113 cm³/mol. The van der Waals surface area contributed by atoms with E-state index < -0.39 is 21.7 Å². The molecule has 0 aromatic heterocycles. The van der Waals surface area contributed by atoms with Crippen molar-refractivity contribution in [1.29, 1.82) is 0 Å². The van der Waals surface area contributed by atoms with Crippen molar-refractivity contribution in [3.05, 3.63) is 45.4 Å². The Kier molecular flexibility index (Phi) is 8.14. The molecule has 0 fully saturated rings. The summed E-state index contributed by atoms with van der Waals surface area (Å²) in [5, 5.41) is 13.1. The number of carbonyl (C=O) groups is 1. The maximum atomic E-state index is 12.8. The van der Waals surface area contributed by atoms with Gasteiger partial charge in [-0.3, -0.25) is 9.52 Å². The number of amides is 1. The van der Waals surface area contributed by atoms with E-state index in [-0.39, 0.29) is 26.9 Å². The molecule has 2 rings (SSSR count). The van der Waals surface area contributed by atoms with Crippen LogP contribution >= 0.6 is 27.5 Å². The summed E-state index contributed by atoms with van der Waals surface area (Å²) in [5.41, 5.74) is -0.393. The Morgan fingerprint density at radius 1 is 1.24 bits per heavy atom. The van der Waals surface area contributed by atoms with Gasteiger partial charge in [0.2, 0.25) is 0 Å². The van der Waals surface area contributed by atoms with E-state index in [2.05, 4.69) is 26.0 Å². The Balaban J connectivity index is 2.35. The second-order valence-electron chi connectivity index (χ2n) is 5.85. The van der Waals surface area contributed by atoms with Crippen molar-refractivity contribution in [2.75, 3.05) is 32.1 Å². The highest BCUT2D eigenvalue weighted by molar-refractivity contribution is 9.10. The highest BCUT2D eigenvalue weighted by atomic mass is 79.9. The van der Waals surface area contributed by atoms with Gasteiger partial charge >= 0.3 is 0 Å². The molecule has 3 N–H and O–H groups in total. The van der Waals surface area contributed by atoms with E-state index in [0.29, 0.717) is 24.0 Å². The van der Waals surface area contributed by atoms with Gasteiger partial charge in [0, 0.05) is 29.8 Å². The van der Waals surface area contributed by atoms with Gasteiger partial charge in [-0.1, -0.05) is 27.5 Å². The molecule has 1 amide bonds. The van der Waals surface area contributed by atoms with Crippen molar-refractivity contribution in [2.24, 2.45) is 0 Å². The van der Waals surface area contributed by atoms with Gasteiger partial charge in [-0.05, 0) is 36.8 Å². The smallest absolute Gasteiger partial charge is 0.265 e. The fourth-order valence-electron chi connectivity index (χ4n) is 2.42. The average Bonchev–Trinajstić information content (AvgIpc) is 2.67. The van der Waals surface area contributed by atoms with E-state index in [9.17, 15) is 18.3 Å². The summed E-state index contributed by atoms with van der Waals surface area (Å²) < 4.78 is 38.5. The lowest BCUT2D eigenvalue weighted by atomic mass is 10.1. The summed E-state index contributed by atoms with van der Waals surface area (Å²) in [6.07, 6.45) is 0.575. The summed E-state index contributed by atoms with van der Waals surface area (Å²) in [4.78, 5) is 12.2. The summed E-state index contributed by atoms with van der Waals surface area (Å²) in [6.45, 7) is 0.774. The Morgan fingerprint density at radius 2 is 1.97 bits per heavy atom. The lowest BCUT2D eigenvalue weighted by molar-refractivity contribution is 0.0946. The zero-order valence-corrected chi connectivity index (χ0v) is 18.8. The molecule has 0 spiro atoms. The van der Waals surface area contributed by atoms with Crippen LogP contribution in [0.2, 0.25) is 5.02 Å². The molecular formula is C18H20BrClN2O6S. The summed E-state index contributed by atoms with van der Waals surface area (Å²) in [7, 11) is -1.27. The highest BCUT2D eigenvalue weighted by Crippen LogP contribution is 2.35. The van der Waals surface area contributed by atoms with E-state index in [1.165, 1.54) is 31.4 Å². The molecule has 0 unspecified atom stereocenters. The number of sulfonamides is 1. The SMILES string of the molecule is COCCCNC(=O)c1cc(Cl)cc(NS(=O)(=O)c2cc(Br)ccc2OC)c1O. The minimum atomic E-state index is -4.16. The maximum absolute atomic E-state index is 12.8. The number of aromatic hydroxyl groups is 1. The van der Waals surface area contributed by atoms with Crippen molar-refractivity contribution in [1.82, 2.24) is 5.32 Å². The number of hydrogen-bond acceptors (Lipinski definition) is 6. The van der Waals surface area contributed by atoms with E-state index >= 15 is 0 Å². The van der Waals surface area contributed by atoms with Crippen LogP contribution in [0, 0.1) is 0 Å². The quantitative estimate of drug-likeness (QED) is 0.354. The number of hydrogen-bond donors (Lipinski definition) is 3. The third-order valence-electron chi connectivity index (χ3n) is 3.79. The first-order valence-corrected chi connectivity index (χ1v) is 11.0. The summed E-state index contributed by atoms with van der Waals surface area (Å²) in [6, 6.07) is 6.92. The van der Waals surface area contributed by atoms with Crippen molar-refractivity contribution in [3.63, 3.8) is 0 Å². The molecule has 158 valence electrons. The van der Waals surface area contributed by atoms with Gasteiger partial charge in [0.25, 0.3) is 15.9 Å². The van der Waals surface area contributed by atoms with E-state index in [1.54, 1.807) is 13.2 Å². The standard InChI is InChI=1S/C18H20BrClN2O6S/c1-27-7-3-6-21-18(24)13-9-12(20)10-14(17(13)23)22-29(25,26)16-8-11(19)4-5-15(16)28-2/h4-5,8-10,22-23H,3,6-7H2,1-2H3,(H,21,24). The van der Waals surface area contributed by atoms with Crippen LogP contribution in [0.3, 0.4) is 0 Å². The van der Waals surface area contributed by atoms with Crippen molar-refractivity contribution >= 4 is 49.1 Å². The molecule has 0 aliphatic rings. The zero-order valence-electron chi connectivity index (χ0n) is 15.7. The number of halogens is 2. The van der Waals surface area contributed by atoms with Crippen LogP contribution in [-0.2, 0) is 14.8 Å². The van der Waals surface area contributed by atoms with Gasteiger partial charge in [0.15, 0.2) is 5.75 Å². The number of ether oxygens (including phenoxy) is 2. The number of rotatable bonds is 9. The minimum Gasteiger partial charge on any atom is -0.505 e. The number of phenols is 1. The molecule has 8 nitrogen and oxygen atoms in total. The molecule has 29 heavy (non-hydrogen) atoms. The van der Waals surface area contributed by atoms with Crippen LogP contribution in [0.15, 0.2) is 39.7 Å². The number of methoxy groups -OCH3 is 2. The van der Waals surface area contributed by atoms with E-state index in [0.717, 1.165) is 0 Å². The van der Waals surface area contributed by atoms with Crippen molar-refractivity contribution < 1.29 is 27.8 Å². The molecule has 0 radical (unpaired) electrons. The Morgan fingerprint density at radius 3 is 2.62 bits per heavy atom. The first kappa shape index (κ1) is 23.3. The summed E-state index contributed by atoms with van der Waals surface area (Å²) in [5.74, 6) is -1.03. The van der Waals surface area contributed by atoms with Gasteiger partial charge in [0.1, 0.15) is 10.6 Å². The largest absolute Gasteiger partial charge is 0.505 e. The number of benzene rings is 2. The molecule has 0 heterocycles. The second-order valence-corrected chi connectivity index (χ2v) is 8.86. The molecule has 0 atom stereocenters. The molecule has 11 heteroatoms. The fourth-order valence-corrected chi connectivity index (χ4v) is 4.41. The van der Waals surface area contributed by atoms with Crippen LogP contribution in [0.25, 0.3) is 0 Å². The topological polar surface area (TPSA) is 114 Å². The lowest BCUT2D eigenvalue weighted by Crippen LogP contribution is -2.25. The van der Waals surface area contributed by atoms with Gasteiger partial charge in [-0.25, -0.2) is 8.42 Å². The van der Waals surface area contributed by atoms with Crippen LogP contribution in [0.5, 0.6) is 11.5 Å². The second kappa shape index (κ2) is 10.1. The molecule has 0 aliphatic carbocycles. The van der Waals surface area contributed by atoms with Gasteiger partial charge in [-0.15, -0.1) is 0 Å². The molecule has 0 saturated heterocycles. The average molecular weight is 508 g/mol. The fraction of sp³-hybridized carbons (Fsp3) is 0.278. The normalized spacial score (nSPS) is 11.2. The van der Waals surface area contributed by atoms with Crippen LogP contribution < -0.4 is 14.8 Å². The number of phenolic OH excluding ortho intramolecular Hbond substituents is 1. The Labute approximate surface area is 182 Å². The molecule has 0 saturated carbocycles. The first-order chi connectivity index (χ1) is 13.7. The van der Waals surface area contributed by atoms with E-state index in [1.807, 2.05) is 0 Å². The van der Waals surface area contributed by atoms with Crippen LogP contribution in [-0.4, -0.2) is 46.8 Å². The van der Waals surface area contributed by atoms with Crippen molar-refractivity contribution in [2.45, 2.75) is 11.3 Å². The molecule has 2 aromatic carbocycles. The molecule has 2 aromatic rings. The Bertz CT molecular complexity index is 1000. The monoisotopic (exact) mass is 506 g/mol. The van der Waals surface area contributed by atoms with Crippen LogP contribution in [0.4, 0.5) is 5.69 Å². The zero-order chi connectivity index (χ0) is 21.6. The third kappa shape index (κ3) is 5.99. The number of carbonyl (C=O) groups excluding carboxylic acids is 1. The number of nitrogens with one attached hydrogen (secondary N) is 2. The van der Waals surface area contributed by atoms with Crippen molar-refractivity contribution in [3.8, 4) is 11.5 Å². The first-order valence-electron chi connectivity index (χ1n) is 8.35. The summed E-state index contributed by atoms with van der Waals surface area (Å²) >= 11 is 9.25. The third-order valence-corrected chi connectivity index (χ3v) is 5.89. The molecular weight excluding hydrogens is 488 g/mol. The number of anilines is 1. The predicted octanol–water partition coefficient (Wildman–Crippen LogP) is 3.38. The van der Waals surface area contributed by atoms with Crippen LogP contribution in [0.1, 0.15) is 16.8 Å². The van der Waals surface area contributed by atoms with E-state index in [4.69, 9.17) is 21.1 Å². The molecule has 0 aliphatic heterocycles. The lowest BCUT2D eigenvalue weighted by Gasteiger charge is -2.15. The van der Waals surface area contributed by atoms with Gasteiger partial charge < -0.3 is 19.9 Å². The molecule has 0 bridgehead atoms. The Hall–Kier alpha value is -2.01. The maximum Gasteiger partial charge on any atom is 0.265 e. The van der Waals surface area contributed by atoms with Gasteiger partial charge in [0.05, 0.1) is 18.4 Å².